The molecule has 24 heavy (non-hydrogen) atoms. The number of carbonyl (C=O) groups excluding carboxylic acids is 1. The van der Waals surface area contributed by atoms with Gasteiger partial charge in [-0.05, 0) is 42.3 Å². The Hall–Kier alpha value is -2.25. The number of hydrogen-bond donors (Lipinski definition) is 3. The molecule has 0 bridgehead atoms. The van der Waals surface area contributed by atoms with Crippen molar-refractivity contribution in [1.82, 2.24) is 5.32 Å². The van der Waals surface area contributed by atoms with E-state index in [-0.39, 0.29) is 25.3 Å². The maximum atomic E-state index is 12.0. The summed E-state index contributed by atoms with van der Waals surface area (Å²) in [6, 6.07) is 9.09. The maximum Gasteiger partial charge on any atom is 0.319 e. The van der Waals surface area contributed by atoms with E-state index in [0.717, 1.165) is 6.42 Å². The monoisotopic (exact) mass is 348 g/mol. The predicted octanol–water partition coefficient (Wildman–Crippen LogP) is 3.15. The fourth-order valence-corrected chi connectivity index (χ4v) is 3.52. The Balaban J connectivity index is 1.46. The Morgan fingerprint density at radius 2 is 2.12 bits per heavy atom. The van der Waals surface area contributed by atoms with Crippen molar-refractivity contribution in [2.24, 2.45) is 0 Å². The quantitative estimate of drug-likeness (QED) is 0.718. The second-order valence-corrected chi connectivity index (χ2v) is 6.44. The number of amides is 2. The first-order valence-electron chi connectivity index (χ1n) is 7.85. The van der Waals surface area contributed by atoms with E-state index < -0.39 is 0 Å². The van der Waals surface area contributed by atoms with Crippen LogP contribution in [-0.2, 0) is 0 Å². The first kappa shape index (κ1) is 16.6. The summed E-state index contributed by atoms with van der Waals surface area (Å²) < 4.78 is 10.5. The third-order valence-electron chi connectivity index (χ3n) is 3.83. The van der Waals surface area contributed by atoms with Gasteiger partial charge in [0.15, 0.2) is 11.5 Å². The second-order valence-electron chi connectivity index (χ2n) is 5.46. The van der Waals surface area contributed by atoms with Gasteiger partial charge in [-0.1, -0.05) is 6.07 Å². The molecule has 3 N–H and O–H groups in total. The van der Waals surface area contributed by atoms with Gasteiger partial charge in [-0.15, -0.1) is 11.3 Å². The molecule has 2 aromatic rings. The lowest BCUT2D eigenvalue weighted by atomic mass is 10.00. The molecule has 0 radical (unpaired) electrons. The van der Waals surface area contributed by atoms with Crippen molar-refractivity contribution < 1.29 is 19.4 Å². The number of hydrogen-bond acceptors (Lipinski definition) is 5. The van der Waals surface area contributed by atoms with E-state index in [9.17, 15) is 9.90 Å². The smallest absolute Gasteiger partial charge is 0.319 e. The molecular formula is C17H20N2O4S. The summed E-state index contributed by atoms with van der Waals surface area (Å²) in [5, 5.41) is 16.9. The van der Waals surface area contributed by atoms with Crippen molar-refractivity contribution in [3.8, 4) is 11.5 Å². The van der Waals surface area contributed by atoms with Crippen LogP contribution in [-0.4, -0.2) is 31.1 Å². The van der Waals surface area contributed by atoms with Crippen LogP contribution in [0.5, 0.6) is 11.5 Å². The largest absolute Gasteiger partial charge is 0.454 e. The summed E-state index contributed by atoms with van der Waals surface area (Å²) in [4.78, 5) is 13.2. The molecular weight excluding hydrogens is 328 g/mol. The molecule has 1 aliphatic heterocycles. The number of aliphatic hydroxyl groups excluding tert-OH is 1. The third-order valence-corrected chi connectivity index (χ3v) is 4.87. The average Bonchev–Trinajstić information content (AvgIpc) is 3.25. The van der Waals surface area contributed by atoms with E-state index in [1.165, 1.54) is 4.88 Å². The summed E-state index contributed by atoms with van der Waals surface area (Å²) >= 11 is 1.68. The van der Waals surface area contributed by atoms with Crippen LogP contribution in [0.15, 0.2) is 35.7 Å². The number of rotatable bonds is 7. The van der Waals surface area contributed by atoms with Crippen LogP contribution in [0.2, 0.25) is 0 Å². The minimum Gasteiger partial charge on any atom is -0.454 e. The number of carbonyl (C=O) groups is 1. The zero-order valence-corrected chi connectivity index (χ0v) is 14.0. The van der Waals surface area contributed by atoms with Gasteiger partial charge in [-0.3, -0.25) is 0 Å². The zero-order valence-electron chi connectivity index (χ0n) is 13.2. The van der Waals surface area contributed by atoms with E-state index >= 15 is 0 Å². The molecule has 1 aromatic heterocycles. The third kappa shape index (κ3) is 4.18. The lowest BCUT2D eigenvalue weighted by Gasteiger charge is -2.15. The first-order valence-corrected chi connectivity index (χ1v) is 8.73. The maximum absolute atomic E-state index is 12.0. The molecule has 0 aliphatic carbocycles. The number of aliphatic hydroxyl groups is 1. The highest BCUT2D eigenvalue weighted by Gasteiger charge is 2.15. The molecule has 0 spiro atoms. The van der Waals surface area contributed by atoms with Crippen molar-refractivity contribution in [3.63, 3.8) is 0 Å². The number of ether oxygens (including phenoxy) is 2. The number of urea groups is 1. The van der Waals surface area contributed by atoms with Gasteiger partial charge in [-0.25, -0.2) is 4.79 Å². The first-order chi connectivity index (χ1) is 11.8. The van der Waals surface area contributed by atoms with E-state index in [1.54, 1.807) is 29.5 Å². The van der Waals surface area contributed by atoms with Crippen LogP contribution < -0.4 is 20.1 Å². The summed E-state index contributed by atoms with van der Waals surface area (Å²) in [6.45, 7) is 0.894. The topological polar surface area (TPSA) is 79.8 Å². The molecule has 0 saturated heterocycles. The van der Waals surface area contributed by atoms with Gasteiger partial charge in [0.1, 0.15) is 0 Å². The van der Waals surface area contributed by atoms with Crippen molar-refractivity contribution in [2.75, 3.05) is 25.3 Å². The van der Waals surface area contributed by atoms with Crippen LogP contribution in [0.4, 0.5) is 10.5 Å². The Kier molecular flexibility index (Phi) is 5.55. The Morgan fingerprint density at radius 3 is 2.92 bits per heavy atom. The van der Waals surface area contributed by atoms with Gasteiger partial charge in [0, 0.05) is 29.8 Å². The van der Waals surface area contributed by atoms with Crippen LogP contribution in [0, 0.1) is 0 Å². The molecule has 0 fully saturated rings. The number of nitrogens with one attached hydrogen (secondary N) is 2. The standard InChI is InChI=1S/C17H20N2O4S/c20-8-6-12(16-2-1-9-24-16)5-7-18-17(21)19-13-3-4-14-15(10-13)23-11-22-14/h1-4,9-10,12,20H,5-8,11H2,(H2,18,19,21)/t12-/m1/s1. The van der Waals surface area contributed by atoms with E-state index in [1.807, 2.05) is 11.4 Å². The molecule has 0 unspecified atom stereocenters. The van der Waals surface area contributed by atoms with Crippen LogP contribution in [0.1, 0.15) is 23.6 Å². The van der Waals surface area contributed by atoms with Crippen molar-refractivity contribution in [2.45, 2.75) is 18.8 Å². The minimum atomic E-state index is -0.261. The predicted molar refractivity (Wildman–Crippen MR) is 93.0 cm³/mol. The zero-order chi connectivity index (χ0) is 16.8. The SMILES string of the molecule is O=C(NCC[C@H](CCO)c1cccs1)Nc1ccc2c(c1)OCO2. The average molecular weight is 348 g/mol. The lowest BCUT2D eigenvalue weighted by Crippen LogP contribution is -2.30. The normalized spacial score (nSPS) is 13.5. The molecule has 0 saturated carbocycles. The molecule has 128 valence electrons. The Labute approximate surface area is 144 Å². The molecule has 2 amide bonds. The minimum absolute atomic E-state index is 0.145. The van der Waals surface area contributed by atoms with Gasteiger partial charge >= 0.3 is 6.03 Å². The molecule has 2 heterocycles. The fraction of sp³-hybridized carbons (Fsp3) is 0.353. The number of benzene rings is 1. The molecule has 3 rings (SSSR count). The Bertz CT molecular complexity index is 675. The van der Waals surface area contributed by atoms with E-state index in [2.05, 4.69) is 16.7 Å². The number of fused-ring (bicyclic) bond motifs is 1. The summed E-state index contributed by atoms with van der Waals surface area (Å²) in [7, 11) is 0. The van der Waals surface area contributed by atoms with Gasteiger partial charge in [0.25, 0.3) is 0 Å². The second kappa shape index (κ2) is 8.03. The number of anilines is 1. The summed E-state index contributed by atoms with van der Waals surface area (Å²) in [5.74, 6) is 1.58. The van der Waals surface area contributed by atoms with Crippen LogP contribution >= 0.6 is 11.3 Å². The van der Waals surface area contributed by atoms with E-state index in [4.69, 9.17) is 9.47 Å². The Morgan fingerprint density at radius 1 is 1.25 bits per heavy atom. The highest BCUT2D eigenvalue weighted by atomic mass is 32.1. The molecule has 7 heteroatoms. The highest BCUT2D eigenvalue weighted by molar-refractivity contribution is 7.10. The highest BCUT2D eigenvalue weighted by Crippen LogP contribution is 2.34. The fourth-order valence-electron chi connectivity index (χ4n) is 2.62. The van der Waals surface area contributed by atoms with Crippen LogP contribution in [0.3, 0.4) is 0 Å². The van der Waals surface area contributed by atoms with Crippen molar-refractivity contribution in [3.05, 3.63) is 40.6 Å². The van der Waals surface area contributed by atoms with Gasteiger partial charge in [0.05, 0.1) is 0 Å². The van der Waals surface area contributed by atoms with Gasteiger partial charge < -0.3 is 25.2 Å². The van der Waals surface area contributed by atoms with Gasteiger partial charge in [0.2, 0.25) is 6.79 Å². The lowest BCUT2D eigenvalue weighted by molar-refractivity contribution is 0.174. The number of thiophene rings is 1. The van der Waals surface area contributed by atoms with E-state index in [0.29, 0.717) is 30.2 Å². The molecule has 1 aliphatic rings. The van der Waals surface area contributed by atoms with Crippen molar-refractivity contribution >= 4 is 23.1 Å². The molecule has 1 aromatic carbocycles. The van der Waals surface area contributed by atoms with Crippen LogP contribution in [0.25, 0.3) is 0 Å². The molecule has 6 nitrogen and oxygen atoms in total. The van der Waals surface area contributed by atoms with Crippen molar-refractivity contribution in [1.29, 1.82) is 0 Å². The summed E-state index contributed by atoms with van der Waals surface area (Å²) in [5.41, 5.74) is 0.655. The van der Waals surface area contributed by atoms with Gasteiger partial charge in [-0.2, -0.15) is 0 Å². The molecule has 1 atom stereocenters. The summed E-state index contributed by atoms with van der Waals surface area (Å²) in [6.07, 6.45) is 1.49.